The van der Waals surface area contributed by atoms with E-state index in [1.54, 1.807) is 19.3 Å². The van der Waals surface area contributed by atoms with E-state index in [2.05, 4.69) is 53.3 Å². The summed E-state index contributed by atoms with van der Waals surface area (Å²) < 4.78 is 45.1. The number of fused-ring (bicyclic) bond motifs is 2. The van der Waals surface area contributed by atoms with Crippen molar-refractivity contribution in [3.8, 4) is 5.75 Å². The number of halogens is 2. The number of aryl methyl sites for hydroxylation is 2. The third-order valence-corrected chi connectivity index (χ3v) is 12.8. The summed E-state index contributed by atoms with van der Waals surface area (Å²) in [5, 5.41) is 24.3. The number of rotatable bonds is 11. The van der Waals surface area contributed by atoms with Gasteiger partial charge in [-0.15, -0.1) is 0 Å². The molecule has 4 aromatic rings. The summed E-state index contributed by atoms with van der Waals surface area (Å²) in [4.78, 5) is 51.1. The average Bonchev–Trinajstić information content (AvgIpc) is 3.56. The zero-order chi connectivity index (χ0) is 44.0. The van der Waals surface area contributed by atoms with Crippen LogP contribution in [-0.2, 0) is 16.6 Å². The summed E-state index contributed by atoms with van der Waals surface area (Å²) in [6.07, 6.45) is 5.20. The molecule has 1 aromatic carbocycles. The van der Waals surface area contributed by atoms with E-state index in [4.69, 9.17) is 9.72 Å². The topological polar surface area (TPSA) is 186 Å². The lowest BCUT2D eigenvalue weighted by atomic mass is 9.84. The molecule has 4 atom stereocenters. The maximum absolute atomic E-state index is 16.2. The first-order valence-corrected chi connectivity index (χ1v) is 21.4. The third kappa shape index (κ3) is 8.35. The molecule has 4 N–H and O–H groups in total. The minimum Gasteiger partial charge on any atom is -0.476 e. The van der Waals surface area contributed by atoms with Crippen molar-refractivity contribution in [2.24, 2.45) is 18.9 Å². The van der Waals surface area contributed by atoms with Gasteiger partial charge in [-0.1, -0.05) is 6.92 Å². The second-order valence-corrected chi connectivity index (χ2v) is 17.3. The van der Waals surface area contributed by atoms with Crippen molar-refractivity contribution in [1.29, 1.82) is 0 Å². The second kappa shape index (κ2) is 17.4. The summed E-state index contributed by atoms with van der Waals surface area (Å²) >= 11 is 0. The number of piperidine rings is 3. The number of aliphatic hydroxyl groups excluding tert-OH is 1. The molecule has 16 nitrogen and oxygen atoms in total. The fourth-order valence-electron chi connectivity index (χ4n) is 9.35. The normalized spacial score (nSPS) is 21.9. The van der Waals surface area contributed by atoms with Crippen LogP contribution < -0.4 is 46.5 Å². The minimum absolute atomic E-state index is 0.0489. The smallest absolute Gasteiger partial charge is 0.396 e. The van der Waals surface area contributed by atoms with Gasteiger partial charge >= 0.3 is 11.0 Å². The summed E-state index contributed by atoms with van der Waals surface area (Å²) in [6.45, 7) is 11.5. The number of ether oxygens (including phenoxy) is 1. The van der Waals surface area contributed by atoms with E-state index < -0.39 is 23.8 Å². The van der Waals surface area contributed by atoms with Crippen LogP contribution in [0.2, 0.25) is 0 Å². The van der Waals surface area contributed by atoms with E-state index in [9.17, 15) is 19.5 Å². The van der Waals surface area contributed by atoms with Crippen LogP contribution in [0.5, 0.6) is 5.75 Å². The molecular weight excluding hydrogens is 801 g/mol. The van der Waals surface area contributed by atoms with Crippen molar-refractivity contribution in [1.82, 2.24) is 44.5 Å². The van der Waals surface area contributed by atoms with E-state index in [1.807, 2.05) is 26.8 Å². The lowest BCUT2D eigenvalue weighted by Crippen LogP contribution is -2.47. The zero-order valence-corrected chi connectivity index (χ0v) is 36.0. The van der Waals surface area contributed by atoms with E-state index in [-0.39, 0.29) is 59.2 Å². The molecule has 4 aliphatic heterocycles. The highest BCUT2D eigenvalue weighted by Gasteiger charge is 2.36. The highest BCUT2D eigenvalue weighted by atomic mass is 19.1. The number of hydrogen-bond donors (Lipinski definition) is 4. The Labute approximate surface area is 357 Å². The molecule has 0 saturated carbocycles. The van der Waals surface area contributed by atoms with Crippen LogP contribution in [0.1, 0.15) is 87.6 Å². The monoisotopic (exact) mass is 854 g/mol. The Kier molecular flexibility index (Phi) is 12.0. The van der Waals surface area contributed by atoms with Crippen molar-refractivity contribution in [3.63, 3.8) is 0 Å². The highest BCUT2D eigenvalue weighted by Crippen LogP contribution is 2.39. The number of pyridine rings is 1. The molecule has 0 aliphatic carbocycles. The van der Waals surface area contributed by atoms with Crippen molar-refractivity contribution in [3.05, 3.63) is 73.5 Å². The Morgan fingerprint density at radius 2 is 1.92 bits per heavy atom. The molecule has 328 valence electrons. The third-order valence-electron chi connectivity index (χ3n) is 12.8. The van der Waals surface area contributed by atoms with Gasteiger partial charge in [-0.3, -0.25) is 14.3 Å². The van der Waals surface area contributed by atoms with Gasteiger partial charge in [0.05, 0.1) is 10.9 Å². The number of carbonyl (C=O) groups excluding carboxylic acids is 2. The number of aliphatic hydroxyl groups is 1. The fourth-order valence-corrected chi connectivity index (χ4v) is 9.35. The van der Waals surface area contributed by atoms with Gasteiger partial charge in [0.1, 0.15) is 35.1 Å². The first-order chi connectivity index (χ1) is 29.7. The van der Waals surface area contributed by atoms with Crippen LogP contribution in [0.15, 0.2) is 28.8 Å². The van der Waals surface area contributed by atoms with Gasteiger partial charge < -0.3 is 35.6 Å². The first kappa shape index (κ1) is 42.7. The number of allylic oxidation sites excluding steroid dienone is 1. The molecule has 3 aromatic heterocycles. The predicted octanol–water partition coefficient (Wildman–Crippen LogP) is 1.62. The van der Waals surface area contributed by atoms with Gasteiger partial charge in [-0.25, -0.2) is 18.6 Å². The molecule has 2 unspecified atom stereocenters. The Morgan fingerprint density at radius 1 is 1.15 bits per heavy atom. The lowest BCUT2D eigenvalue weighted by molar-refractivity contribution is -0.127. The summed E-state index contributed by atoms with van der Waals surface area (Å²) in [6, 6.07) is 2.72. The van der Waals surface area contributed by atoms with Gasteiger partial charge in [0.2, 0.25) is 23.5 Å². The number of nitrogens with zero attached hydrogens (tertiary/aromatic N) is 8. The maximum atomic E-state index is 16.2. The van der Waals surface area contributed by atoms with E-state index >= 15 is 8.78 Å². The molecule has 3 saturated heterocycles. The molecule has 62 heavy (non-hydrogen) atoms. The van der Waals surface area contributed by atoms with Gasteiger partial charge in [-0.05, 0) is 89.4 Å². The molecule has 18 heteroatoms. The zero-order valence-electron chi connectivity index (χ0n) is 36.0. The number of aromatic nitrogens is 5. The van der Waals surface area contributed by atoms with Gasteiger partial charge in [0.15, 0.2) is 12.4 Å². The SMILES string of the molecule is CNC(=O)COc1cc2c(n(C(C)C)c1=O)=[N+]=C=C(Nc1nc(N3CC[C@H](CN4CCC(c5c(F)cc6c(C7CCC(=O)NC7O)nn(C)c6c5F)CC4)[C@H](C)C3)ncc1C)C=2. The van der Waals surface area contributed by atoms with Crippen LogP contribution in [0.3, 0.4) is 0 Å². The predicted molar refractivity (Wildman–Crippen MR) is 229 cm³/mol. The lowest BCUT2D eigenvalue weighted by Gasteiger charge is -2.41. The standard InChI is InChI=1S/C44H53F2N11O5/c1-23(2)57-41-28(16-33(43(57)61)62-22-35(59)47-5)15-29(19-48-41)50-40-24(3)18-49-44(52-40)56-14-11-27(25(4)20-56)21-55-12-9-26(10-13-55)36-32(45)17-31-38(53-54(6)39(31)37(36)46)30-7-8-34(58)51-42(30)60/h15-18,23,25-27,30,42,60H,7-14,20-22H2,1-6H3,(H2-,47,49,50,51,52,58,59)/p+1/t25-,27-,30?,42?/m1/s1. The number of nitrogens with one attached hydrogen (secondary N) is 3. The molecule has 0 bridgehead atoms. The van der Waals surface area contributed by atoms with Crippen molar-refractivity contribution in [2.75, 3.05) is 56.6 Å². The molecule has 2 amide bonds. The maximum Gasteiger partial charge on any atom is 0.396 e. The molecule has 0 spiro atoms. The van der Waals surface area contributed by atoms with Crippen LogP contribution in [0, 0.1) is 30.4 Å². The van der Waals surface area contributed by atoms with E-state index in [0.29, 0.717) is 70.3 Å². The van der Waals surface area contributed by atoms with Crippen LogP contribution in [-0.4, -0.2) is 105 Å². The molecule has 3 fully saturated rings. The quantitative estimate of drug-likeness (QED) is 0.161. The summed E-state index contributed by atoms with van der Waals surface area (Å²) in [5.74, 6) is 2.41. The van der Waals surface area contributed by atoms with Crippen molar-refractivity contribution < 1.29 is 28.2 Å². The minimum atomic E-state index is -1.17. The number of carbonyl (C=O) groups is 2. The Balaban J connectivity index is 0.902. The Bertz CT molecular complexity index is 2700. The van der Waals surface area contributed by atoms with Crippen molar-refractivity contribution in [2.45, 2.75) is 83.9 Å². The molecule has 0 radical (unpaired) electrons. The van der Waals surface area contributed by atoms with Gasteiger partial charge in [0, 0.05) is 74.8 Å². The van der Waals surface area contributed by atoms with E-state index in [1.165, 1.54) is 22.4 Å². The van der Waals surface area contributed by atoms with Gasteiger partial charge in [-0.2, -0.15) is 19.3 Å². The Morgan fingerprint density at radius 3 is 2.63 bits per heavy atom. The average molecular weight is 855 g/mol. The van der Waals surface area contributed by atoms with Crippen molar-refractivity contribution >= 4 is 46.4 Å². The highest BCUT2D eigenvalue weighted by molar-refractivity contribution is 5.85. The van der Waals surface area contributed by atoms with Crippen LogP contribution in [0.25, 0.3) is 17.0 Å². The number of likely N-dealkylation sites (N-methyl/N-ethyl adjacent to an activating group) is 1. The van der Waals surface area contributed by atoms with Crippen LogP contribution >= 0.6 is 0 Å². The number of likely N-dealkylation sites (tertiary alicyclic amines) is 1. The fraction of sp³-hybridized carbons (Fsp3) is 0.523. The summed E-state index contributed by atoms with van der Waals surface area (Å²) in [7, 11) is 3.13. The number of benzene rings is 1. The van der Waals surface area contributed by atoms with E-state index in [0.717, 1.165) is 44.7 Å². The summed E-state index contributed by atoms with van der Waals surface area (Å²) in [5.41, 5.74) is 2.14. The molecule has 4 aliphatic rings. The Hall–Kier alpha value is -5.93. The molecular formula is C44H54F2N11O5+. The largest absolute Gasteiger partial charge is 0.476 e. The number of amides is 2. The van der Waals surface area contributed by atoms with Gasteiger partial charge in [0.25, 0.3) is 5.91 Å². The second-order valence-electron chi connectivity index (χ2n) is 17.3. The number of hydrogen-bond acceptors (Lipinski definition) is 11. The first-order valence-electron chi connectivity index (χ1n) is 21.4. The molecule has 7 heterocycles. The van der Waals surface area contributed by atoms with Crippen LogP contribution in [0.4, 0.5) is 20.5 Å². The molecule has 8 rings (SSSR count). The number of anilines is 2.